The summed E-state index contributed by atoms with van der Waals surface area (Å²) >= 11 is 1.88. The largest absolute Gasteiger partial charge is 0.330 e. The van der Waals surface area contributed by atoms with Gasteiger partial charge in [0.05, 0.1) is 0 Å². The zero-order valence-corrected chi connectivity index (χ0v) is 8.29. The molecule has 0 aliphatic heterocycles. The van der Waals surface area contributed by atoms with Crippen LogP contribution in [0, 0.1) is 12.3 Å². The molecule has 2 heteroatoms. The maximum atomic E-state index is 5.74. The minimum Gasteiger partial charge on any atom is -0.330 e. The van der Waals surface area contributed by atoms with Crippen LogP contribution in [0.2, 0.25) is 0 Å². The molecule has 0 saturated heterocycles. The lowest BCUT2D eigenvalue weighted by molar-refractivity contribution is 0.524. The first-order valence-electron chi connectivity index (χ1n) is 4.49. The van der Waals surface area contributed by atoms with Gasteiger partial charge in [-0.1, -0.05) is 0 Å². The quantitative estimate of drug-likeness (QED) is 0.761. The van der Waals surface area contributed by atoms with E-state index in [0.29, 0.717) is 5.41 Å². The third kappa shape index (κ3) is 1.41. The molecule has 0 spiro atoms. The molecule has 0 radical (unpaired) electrons. The van der Waals surface area contributed by atoms with Gasteiger partial charge in [0.1, 0.15) is 0 Å². The van der Waals surface area contributed by atoms with Crippen molar-refractivity contribution in [3.63, 3.8) is 0 Å². The van der Waals surface area contributed by atoms with Crippen molar-refractivity contribution >= 4 is 11.3 Å². The van der Waals surface area contributed by atoms with Gasteiger partial charge in [-0.05, 0) is 55.2 Å². The third-order valence-corrected chi connectivity index (χ3v) is 3.92. The minimum atomic E-state index is 0.496. The average Bonchev–Trinajstić information content (AvgIpc) is 2.74. The highest BCUT2D eigenvalue weighted by Gasteiger charge is 2.41. The highest BCUT2D eigenvalue weighted by Crippen LogP contribution is 2.48. The van der Waals surface area contributed by atoms with E-state index < -0.39 is 0 Å². The molecule has 1 nitrogen and oxygen atoms in total. The fraction of sp³-hybridized carbons (Fsp3) is 0.600. The maximum Gasteiger partial charge on any atom is 0.00804 e. The van der Waals surface area contributed by atoms with Crippen LogP contribution in [0.3, 0.4) is 0 Å². The molecule has 0 atom stereocenters. The summed E-state index contributed by atoms with van der Waals surface area (Å²) < 4.78 is 0. The highest BCUT2D eigenvalue weighted by molar-refractivity contribution is 7.10. The van der Waals surface area contributed by atoms with Gasteiger partial charge in [-0.15, -0.1) is 11.3 Å². The summed E-state index contributed by atoms with van der Waals surface area (Å²) in [6, 6.07) is 2.20. The molecule has 0 aromatic carbocycles. The molecule has 2 rings (SSSR count). The van der Waals surface area contributed by atoms with Gasteiger partial charge in [-0.3, -0.25) is 0 Å². The molecule has 1 aliphatic rings. The monoisotopic (exact) mass is 181 g/mol. The van der Waals surface area contributed by atoms with E-state index in [-0.39, 0.29) is 0 Å². The standard InChI is InChI=1S/C10H15NS/c1-8-2-5-12-9(8)6-10(7-11)3-4-10/h2,5H,3-4,6-7,11H2,1H3. The van der Waals surface area contributed by atoms with Crippen LogP contribution < -0.4 is 5.73 Å². The summed E-state index contributed by atoms with van der Waals surface area (Å²) in [6.45, 7) is 3.06. The van der Waals surface area contributed by atoms with Crippen molar-refractivity contribution in [3.05, 3.63) is 21.9 Å². The predicted molar refractivity (Wildman–Crippen MR) is 53.5 cm³/mol. The van der Waals surface area contributed by atoms with Gasteiger partial charge in [0.15, 0.2) is 0 Å². The van der Waals surface area contributed by atoms with Crippen LogP contribution in [0.1, 0.15) is 23.3 Å². The number of hydrogen-bond donors (Lipinski definition) is 1. The van der Waals surface area contributed by atoms with E-state index >= 15 is 0 Å². The SMILES string of the molecule is Cc1ccsc1CC1(CN)CC1. The molecular weight excluding hydrogens is 166 g/mol. The van der Waals surface area contributed by atoms with E-state index in [0.717, 1.165) is 6.54 Å². The third-order valence-electron chi connectivity index (χ3n) is 2.89. The summed E-state index contributed by atoms with van der Waals surface area (Å²) in [4.78, 5) is 1.54. The van der Waals surface area contributed by atoms with E-state index in [9.17, 15) is 0 Å². The van der Waals surface area contributed by atoms with Crippen molar-refractivity contribution in [1.82, 2.24) is 0 Å². The van der Waals surface area contributed by atoms with E-state index in [2.05, 4.69) is 18.4 Å². The zero-order chi connectivity index (χ0) is 8.60. The van der Waals surface area contributed by atoms with Crippen molar-refractivity contribution in [2.24, 2.45) is 11.1 Å². The Kier molecular flexibility index (Phi) is 1.97. The summed E-state index contributed by atoms with van der Waals surface area (Å²) in [5.74, 6) is 0. The summed E-state index contributed by atoms with van der Waals surface area (Å²) in [7, 11) is 0. The Bertz CT molecular complexity index is 273. The lowest BCUT2D eigenvalue weighted by atomic mass is 10.0. The van der Waals surface area contributed by atoms with Gasteiger partial charge >= 0.3 is 0 Å². The molecule has 1 saturated carbocycles. The maximum absolute atomic E-state index is 5.74. The second kappa shape index (κ2) is 2.86. The Labute approximate surface area is 77.6 Å². The molecule has 0 unspecified atom stereocenters. The van der Waals surface area contributed by atoms with E-state index in [1.54, 1.807) is 0 Å². The van der Waals surface area contributed by atoms with Crippen LogP contribution in [0.5, 0.6) is 0 Å². The number of hydrogen-bond acceptors (Lipinski definition) is 2. The van der Waals surface area contributed by atoms with E-state index in [4.69, 9.17) is 5.73 Å². The van der Waals surface area contributed by atoms with Crippen molar-refractivity contribution in [2.75, 3.05) is 6.54 Å². The first kappa shape index (κ1) is 8.27. The minimum absolute atomic E-state index is 0.496. The van der Waals surface area contributed by atoms with Gasteiger partial charge in [0.2, 0.25) is 0 Å². The summed E-state index contributed by atoms with van der Waals surface area (Å²) in [6.07, 6.45) is 3.88. The molecule has 2 N–H and O–H groups in total. The molecule has 1 aromatic heterocycles. The van der Waals surface area contributed by atoms with Gasteiger partial charge in [-0.2, -0.15) is 0 Å². The Morgan fingerprint density at radius 3 is 2.75 bits per heavy atom. The molecular formula is C10H15NS. The second-order valence-corrected chi connectivity index (χ2v) is 4.91. The van der Waals surface area contributed by atoms with Crippen LogP contribution in [0.15, 0.2) is 11.4 Å². The lowest BCUT2D eigenvalue weighted by Gasteiger charge is -2.10. The summed E-state index contributed by atoms with van der Waals surface area (Å²) in [5.41, 5.74) is 7.68. The number of thiophene rings is 1. The van der Waals surface area contributed by atoms with Crippen molar-refractivity contribution < 1.29 is 0 Å². The van der Waals surface area contributed by atoms with Gasteiger partial charge < -0.3 is 5.73 Å². The lowest BCUT2D eigenvalue weighted by Crippen LogP contribution is -2.17. The fourth-order valence-corrected chi connectivity index (χ4v) is 2.64. The Balaban J connectivity index is 2.08. The molecule has 1 aromatic rings. The first-order valence-corrected chi connectivity index (χ1v) is 5.37. The van der Waals surface area contributed by atoms with Crippen molar-refractivity contribution in [3.8, 4) is 0 Å². The summed E-state index contributed by atoms with van der Waals surface area (Å²) in [5, 5.41) is 2.18. The Morgan fingerprint density at radius 2 is 2.33 bits per heavy atom. The van der Waals surface area contributed by atoms with E-state index in [1.165, 1.54) is 29.7 Å². The first-order chi connectivity index (χ1) is 5.76. The fourth-order valence-electron chi connectivity index (χ4n) is 1.56. The van der Waals surface area contributed by atoms with Crippen LogP contribution in [0.25, 0.3) is 0 Å². The van der Waals surface area contributed by atoms with Crippen molar-refractivity contribution in [2.45, 2.75) is 26.2 Å². The molecule has 66 valence electrons. The molecule has 1 fully saturated rings. The van der Waals surface area contributed by atoms with Gasteiger partial charge in [0.25, 0.3) is 0 Å². The Hall–Kier alpha value is -0.340. The zero-order valence-electron chi connectivity index (χ0n) is 7.47. The Morgan fingerprint density at radius 1 is 1.58 bits per heavy atom. The van der Waals surface area contributed by atoms with Crippen molar-refractivity contribution in [1.29, 1.82) is 0 Å². The van der Waals surface area contributed by atoms with Crippen LogP contribution in [0.4, 0.5) is 0 Å². The molecule has 12 heavy (non-hydrogen) atoms. The second-order valence-electron chi connectivity index (χ2n) is 3.91. The normalized spacial score (nSPS) is 19.5. The average molecular weight is 181 g/mol. The topological polar surface area (TPSA) is 26.0 Å². The number of rotatable bonds is 3. The smallest absolute Gasteiger partial charge is 0.00804 e. The highest BCUT2D eigenvalue weighted by atomic mass is 32.1. The number of nitrogens with two attached hydrogens (primary N) is 1. The number of aryl methyl sites for hydroxylation is 1. The molecule has 1 aliphatic carbocycles. The van der Waals surface area contributed by atoms with Gasteiger partial charge in [0, 0.05) is 4.88 Å². The van der Waals surface area contributed by atoms with E-state index in [1.807, 2.05) is 11.3 Å². The molecule has 0 bridgehead atoms. The predicted octanol–water partition coefficient (Wildman–Crippen LogP) is 2.34. The van der Waals surface area contributed by atoms with Crippen LogP contribution in [-0.2, 0) is 6.42 Å². The molecule has 1 heterocycles. The van der Waals surface area contributed by atoms with Crippen LogP contribution >= 0.6 is 11.3 Å². The van der Waals surface area contributed by atoms with Gasteiger partial charge in [-0.25, -0.2) is 0 Å². The van der Waals surface area contributed by atoms with Crippen LogP contribution in [-0.4, -0.2) is 6.54 Å². The molecule has 0 amide bonds.